The molecule has 0 aromatic rings. The Morgan fingerprint density at radius 3 is 1.74 bits per heavy atom. The van der Waals surface area contributed by atoms with E-state index in [0.29, 0.717) is 12.8 Å². The fourth-order valence-electron chi connectivity index (χ4n) is 6.53. The summed E-state index contributed by atoms with van der Waals surface area (Å²) >= 11 is 0. The SMILES string of the molecule is CCC(C)C1(C(F)(F)F)CC1C(C)(C)C1CC(C(C)(C)C2CCC2(F)F)C1. The summed E-state index contributed by atoms with van der Waals surface area (Å²) in [5.41, 5.74) is -2.38. The summed E-state index contributed by atoms with van der Waals surface area (Å²) in [6.45, 7) is 11.4. The Labute approximate surface area is 160 Å². The van der Waals surface area contributed by atoms with Gasteiger partial charge in [-0.15, -0.1) is 0 Å². The summed E-state index contributed by atoms with van der Waals surface area (Å²) < 4.78 is 69.6. The molecule has 4 unspecified atom stereocenters. The average Bonchev–Trinajstić information content (AvgIpc) is 3.19. The molecule has 0 spiro atoms. The van der Waals surface area contributed by atoms with Crippen molar-refractivity contribution in [3.63, 3.8) is 0 Å². The van der Waals surface area contributed by atoms with Gasteiger partial charge in [-0.25, -0.2) is 8.78 Å². The van der Waals surface area contributed by atoms with Crippen molar-refractivity contribution in [1.29, 1.82) is 0 Å². The topological polar surface area (TPSA) is 0 Å². The third kappa shape index (κ3) is 2.96. The van der Waals surface area contributed by atoms with Crippen molar-refractivity contribution in [2.45, 2.75) is 92.2 Å². The molecule has 158 valence electrons. The van der Waals surface area contributed by atoms with Gasteiger partial charge in [0.2, 0.25) is 0 Å². The second-order valence-corrected chi connectivity index (χ2v) is 11.0. The Bertz CT molecular complexity index is 570. The van der Waals surface area contributed by atoms with Gasteiger partial charge in [0, 0.05) is 12.3 Å². The van der Waals surface area contributed by atoms with Crippen LogP contribution in [0.15, 0.2) is 0 Å². The fraction of sp³-hybridized carbons (Fsp3) is 1.00. The number of rotatable bonds is 6. The molecule has 4 atom stereocenters. The molecule has 3 aliphatic rings. The molecule has 3 rings (SSSR count). The van der Waals surface area contributed by atoms with Gasteiger partial charge in [-0.1, -0.05) is 48.0 Å². The quantitative estimate of drug-likeness (QED) is 0.404. The van der Waals surface area contributed by atoms with E-state index < -0.39 is 34.3 Å². The van der Waals surface area contributed by atoms with Crippen molar-refractivity contribution in [3.05, 3.63) is 0 Å². The lowest BCUT2D eigenvalue weighted by atomic mass is 9.48. The highest BCUT2D eigenvalue weighted by atomic mass is 19.4. The molecular formula is C22H35F5. The van der Waals surface area contributed by atoms with Crippen LogP contribution in [0, 0.1) is 45.8 Å². The van der Waals surface area contributed by atoms with Crippen LogP contribution in [-0.2, 0) is 0 Å². The minimum absolute atomic E-state index is 0.0200. The van der Waals surface area contributed by atoms with Gasteiger partial charge in [-0.3, -0.25) is 0 Å². The maximum Gasteiger partial charge on any atom is 0.395 e. The molecule has 3 saturated carbocycles. The molecule has 3 aliphatic carbocycles. The lowest BCUT2D eigenvalue weighted by Crippen LogP contribution is -2.54. The minimum atomic E-state index is -4.17. The minimum Gasteiger partial charge on any atom is -0.207 e. The second-order valence-electron chi connectivity index (χ2n) is 11.0. The van der Waals surface area contributed by atoms with Crippen molar-refractivity contribution < 1.29 is 22.0 Å². The van der Waals surface area contributed by atoms with Gasteiger partial charge in [0.15, 0.2) is 0 Å². The van der Waals surface area contributed by atoms with E-state index in [2.05, 4.69) is 0 Å². The van der Waals surface area contributed by atoms with Gasteiger partial charge in [0.25, 0.3) is 5.92 Å². The molecular weight excluding hydrogens is 359 g/mol. The first-order valence-corrected chi connectivity index (χ1v) is 10.6. The lowest BCUT2D eigenvalue weighted by Gasteiger charge is -2.57. The smallest absolute Gasteiger partial charge is 0.207 e. The predicted molar refractivity (Wildman–Crippen MR) is 97.5 cm³/mol. The van der Waals surface area contributed by atoms with Crippen LogP contribution in [0.5, 0.6) is 0 Å². The van der Waals surface area contributed by atoms with E-state index >= 15 is 0 Å². The molecule has 0 aromatic carbocycles. The summed E-state index contributed by atoms with van der Waals surface area (Å²) in [5, 5.41) is 0. The number of alkyl halides is 5. The van der Waals surface area contributed by atoms with E-state index in [1.165, 1.54) is 0 Å². The summed E-state index contributed by atoms with van der Waals surface area (Å²) in [6, 6.07) is 0. The molecule has 0 aliphatic heterocycles. The van der Waals surface area contributed by atoms with Crippen molar-refractivity contribution >= 4 is 0 Å². The summed E-state index contributed by atoms with van der Waals surface area (Å²) in [5.74, 6) is -3.46. The third-order valence-corrected chi connectivity index (χ3v) is 9.34. The standard InChI is InChI=1S/C22H35F5/c1-7-13(2)20(22(25,26)27)12-17(20)19(5,6)15-10-14(11-15)18(3,4)16-8-9-21(16,23)24/h13-17H,7-12H2,1-6H3. The van der Waals surface area contributed by atoms with Crippen LogP contribution in [0.2, 0.25) is 0 Å². The zero-order chi connectivity index (χ0) is 20.6. The molecule has 0 N–H and O–H groups in total. The molecule has 3 fully saturated rings. The van der Waals surface area contributed by atoms with Crippen molar-refractivity contribution in [2.75, 3.05) is 0 Å². The maximum atomic E-state index is 13.9. The molecule has 0 nitrogen and oxygen atoms in total. The largest absolute Gasteiger partial charge is 0.395 e. The van der Waals surface area contributed by atoms with E-state index in [0.717, 1.165) is 12.8 Å². The molecule has 0 amide bonds. The van der Waals surface area contributed by atoms with Crippen LogP contribution < -0.4 is 0 Å². The van der Waals surface area contributed by atoms with Gasteiger partial charge in [-0.05, 0) is 60.2 Å². The first-order valence-electron chi connectivity index (χ1n) is 10.6. The second kappa shape index (κ2) is 6.08. The normalized spacial score (nSPS) is 40.1. The molecule has 5 heteroatoms. The number of hydrogen-bond acceptors (Lipinski definition) is 0. The Morgan fingerprint density at radius 1 is 0.926 bits per heavy atom. The summed E-state index contributed by atoms with van der Waals surface area (Å²) in [7, 11) is 0. The van der Waals surface area contributed by atoms with E-state index in [9.17, 15) is 22.0 Å². The van der Waals surface area contributed by atoms with E-state index in [-0.39, 0.29) is 36.5 Å². The first-order chi connectivity index (χ1) is 12.1. The molecule has 0 radical (unpaired) electrons. The van der Waals surface area contributed by atoms with Crippen LogP contribution in [0.25, 0.3) is 0 Å². The van der Waals surface area contributed by atoms with Crippen molar-refractivity contribution in [3.8, 4) is 0 Å². The van der Waals surface area contributed by atoms with Gasteiger partial charge in [0.05, 0.1) is 5.41 Å². The van der Waals surface area contributed by atoms with Crippen LogP contribution >= 0.6 is 0 Å². The highest BCUT2D eigenvalue weighted by molar-refractivity contribution is 5.16. The van der Waals surface area contributed by atoms with Gasteiger partial charge < -0.3 is 0 Å². The Kier molecular flexibility index (Phi) is 4.81. The zero-order valence-electron chi connectivity index (χ0n) is 17.5. The van der Waals surface area contributed by atoms with E-state index in [4.69, 9.17) is 0 Å². The highest BCUT2D eigenvalue weighted by Crippen LogP contribution is 2.75. The number of halogens is 5. The van der Waals surface area contributed by atoms with Crippen LogP contribution in [0.1, 0.15) is 80.1 Å². The third-order valence-electron chi connectivity index (χ3n) is 9.34. The highest BCUT2D eigenvalue weighted by Gasteiger charge is 2.76. The lowest BCUT2D eigenvalue weighted by molar-refractivity contribution is -0.218. The molecule has 0 aromatic heterocycles. The van der Waals surface area contributed by atoms with Crippen LogP contribution in [0.4, 0.5) is 22.0 Å². The molecule has 0 heterocycles. The van der Waals surface area contributed by atoms with Gasteiger partial charge in [-0.2, -0.15) is 13.2 Å². The van der Waals surface area contributed by atoms with E-state index in [1.54, 1.807) is 6.92 Å². The molecule has 0 bridgehead atoms. The molecule has 27 heavy (non-hydrogen) atoms. The van der Waals surface area contributed by atoms with Crippen LogP contribution in [-0.4, -0.2) is 12.1 Å². The Morgan fingerprint density at radius 2 is 1.41 bits per heavy atom. The zero-order valence-corrected chi connectivity index (χ0v) is 17.5. The van der Waals surface area contributed by atoms with Gasteiger partial charge in [0.1, 0.15) is 0 Å². The van der Waals surface area contributed by atoms with Crippen molar-refractivity contribution in [2.24, 2.45) is 45.8 Å². The first kappa shape index (κ1) is 21.4. The predicted octanol–water partition coefficient (Wildman–Crippen LogP) is 7.73. The van der Waals surface area contributed by atoms with E-state index in [1.807, 2.05) is 34.6 Å². The maximum absolute atomic E-state index is 13.9. The van der Waals surface area contributed by atoms with Crippen molar-refractivity contribution in [1.82, 2.24) is 0 Å². The number of hydrogen-bond donors (Lipinski definition) is 0. The average molecular weight is 395 g/mol. The molecule has 0 saturated heterocycles. The summed E-state index contributed by atoms with van der Waals surface area (Å²) in [6.07, 6.45) is -1.28. The monoisotopic (exact) mass is 394 g/mol. The fourth-order valence-corrected chi connectivity index (χ4v) is 6.53. The van der Waals surface area contributed by atoms with Gasteiger partial charge >= 0.3 is 6.18 Å². The van der Waals surface area contributed by atoms with Crippen LogP contribution in [0.3, 0.4) is 0 Å². The summed E-state index contributed by atoms with van der Waals surface area (Å²) in [4.78, 5) is 0. The Balaban J connectivity index is 1.69. The Hall–Kier alpha value is -0.350.